The molecule has 6 heteroatoms. The van der Waals surface area contributed by atoms with E-state index in [2.05, 4.69) is 20.9 Å². The Morgan fingerprint density at radius 3 is 2.37 bits per heavy atom. The minimum Gasteiger partial charge on any atom is -0.341 e. The molecule has 0 aromatic heterocycles. The van der Waals surface area contributed by atoms with Crippen molar-refractivity contribution in [1.82, 2.24) is 20.9 Å². The van der Waals surface area contributed by atoms with E-state index in [1.165, 1.54) is 19.9 Å². The molecule has 2 bridgehead atoms. The molecule has 108 valence electrons. The van der Waals surface area contributed by atoms with Crippen molar-refractivity contribution in [1.29, 1.82) is 0 Å². The smallest absolute Gasteiger partial charge is 0.321 e. The van der Waals surface area contributed by atoms with Crippen LogP contribution in [0.1, 0.15) is 32.6 Å². The van der Waals surface area contributed by atoms with Crippen molar-refractivity contribution >= 4 is 11.9 Å². The van der Waals surface area contributed by atoms with E-state index in [-0.39, 0.29) is 11.9 Å². The van der Waals surface area contributed by atoms with E-state index in [1.54, 1.807) is 0 Å². The maximum absolute atomic E-state index is 11.9. The van der Waals surface area contributed by atoms with Gasteiger partial charge in [0.15, 0.2) is 0 Å². The molecule has 3 amide bonds. The largest absolute Gasteiger partial charge is 0.341 e. The number of likely N-dealkylation sites (N-methyl/N-ethyl adjacent to an activating group) is 1. The average Bonchev–Trinajstić information content (AvgIpc) is 2.75. The van der Waals surface area contributed by atoms with Crippen LogP contribution in [0.5, 0.6) is 0 Å². The van der Waals surface area contributed by atoms with Gasteiger partial charge in [-0.25, -0.2) is 4.79 Å². The summed E-state index contributed by atoms with van der Waals surface area (Å²) in [7, 11) is 3.48. The van der Waals surface area contributed by atoms with Crippen LogP contribution >= 0.6 is 0 Å². The molecular formula is C13H24N4O2. The zero-order valence-electron chi connectivity index (χ0n) is 11.9. The van der Waals surface area contributed by atoms with E-state index in [0.29, 0.717) is 18.1 Å². The Hall–Kier alpha value is -1.14. The topological polar surface area (TPSA) is 73.5 Å². The van der Waals surface area contributed by atoms with Crippen molar-refractivity contribution in [3.05, 3.63) is 0 Å². The molecule has 2 aliphatic rings. The number of nitrogens with zero attached hydrogens (tertiary/aromatic N) is 1. The second-order valence-electron chi connectivity index (χ2n) is 5.67. The highest BCUT2D eigenvalue weighted by Gasteiger charge is 2.37. The minimum absolute atomic E-state index is 0.243. The predicted molar refractivity (Wildman–Crippen MR) is 72.8 cm³/mol. The Balaban J connectivity index is 1.89. The molecule has 3 atom stereocenters. The van der Waals surface area contributed by atoms with Crippen LogP contribution in [0.2, 0.25) is 0 Å². The minimum atomic E-state index is -0.448. The number of hydrogen-bond acceptors (Lipinski definition) is 4. The van der Waals surface area contributed by atoms with Gasteiger partial charge in [0.2, 0.25) is 5.91 Å². The summed E-state index contributed by atoms with van der Waals surface area (Å²) in [6.07, 6.45) is 4.66. The summed E-state index contributed by atoms with van der Waals surface area (Å²) >= 11 is 0. The number of rotatable bonds is 3. The van der Waals surface area contributed by atoms with Crippen LogP contribution in [-0.2, 0) is 4.79 Å². The second kappa shape index (κ2) is 5.88. The fraction of sp³-hybridized carbons (Fsp3) is 0.846. The third-order valence-electron chi connectivity index (χ3n) is 4.48. The molecule has 0 aromatic rings. The van der Waals surface area contributed by atoms with E-state index < -0.39 is 6.03 Å². The lowest BCUT2D eigenvalue weighted by Crippen LogP contribution is -2.54. The third-order valence-corrected chi connectivity index (χ3v) is 4.48. The van der Waals surface area contributed by atoms with Gasteiger partial charge in [-0.05, 0) is 39.7 Å². The molecular weight excluding hydrogens is 244 g/mol. The third kappa shape index (κ3) is 3.25. The fourth-order valence-corrected chi connectivity index (χ4v) is 3.14. The van der Waals surface area contributed by atoms with Gasteiger partial charge in [-0.1, -0.05) is 0 Å². The molecule has 2 fully saturated rings. The number of nitrogens with one attached hydrogen (secondary N) is 3. The average molecular weight is 268 g/mol. The molecule has 3 N–H and O–H groups in total. The molecule has 0 spiro atoms. The fourth-order valence-electron chi connectivity index (χ4n) is 3.14. The molecule has 2 saturated heterocycles. The molecule has 6 nitrogen and oxygen atoms in total. The molecule has 0 saturated carbocycles. The molecule has 0 aromatic carbocycles. The zero-order valence-corrected chi connectivity index (χ0v) is 11.9. The van der Waals surface area contributed by atoms with Crippen LogP contribution in [0.15, 0.2) is 0 Å². The van der Waals surface area contributed by atoms with Crippen LogP contribution in [0, 0.1) is 0 Å². The summed E-state index contributed by atoms with van der Waals surface area (Å²) in [4.78, 5) is 25.2. The standard InChI is InChI=1S/C13H24N4O2/c1-8(12(18)16-13(19)14-2)17(3)11-6-9-4-5-10(7-11)15-9/h8-11,15H,4-7H2,1-3H3,(H2,14,16,18,19). The van der Waals surface area contributed by atoms with Gasteiger partial charge in [0.1, 0.15) is 0 Å². The number of hydrogen-bond donors (Lipinski definition) is 3. The van der Waals surface area contributed by atoms with Crippen molar-refractivity contribution in [2.45, 2.75) is 56.8 Å². The molecule has 0 radical (unpaired) electrons. The summed E-state index contributed by atoms with van der Waals surface area (Å²) in [5.74, 6) is -0.243. The molecule has 2 heterocycles. The lowest BCUT2D eigenvalue weighted by atomic mass is 9.97. The van der Waals surface area contributed by atoms with E-state index in [0.717, 1.165) is 12.8 Å². The first-order valence-corrected chi connectivity index (χ1v) is 7.01. The summed E-state index contributed by atoms with van der Waals surface area (Å²) in [5.41, 5.74) is 0. The molecule has 2 aliphatic heterocycles. The number of imide groups is 1. The molecule has 19 heavy (non-hydrogen) atoms. The summed E-state index contributed by atoms with van der Waals surface area (Å²) in [5, 5.41) is 8.33. The Bertz CT molecular complexity index is 349. The highest BCUT2D eigenvalue weighted by atomic mass is 16.2. The Labute approximate surface area is 114 Å². The normalized spacial score (nSPS) is 31.1. The van der Waals surface area contributed by atoms with Crippen molar-refractivity contribution < 1.29 is 9.59 Å². The van der Waals surface area contributed by atoms with Gasteiger partial charge in [0.25, 0.3) is 0 Å². The van der Waals surface area contributed by atoms with Gasteiger partial charge in [0.05, 0.1) is 6.04 Å². The summed E-state index contributed by atoms with van der Waals surface area (Å²) in [6.45, 7) is 1.85. The first-order chi connectivity index (χ1) is 9.01. The Morgan fingerprint density at radius 2 is 1.84 bits per heavy atom. The Morgan fingerprint density at radius 1 is 1.26 bits per heavy atom. The molecule has 0 aliphatic carbocycles. The van der Waals surface area contributed by atoms with Crippen molar-refractivity contribution in [2.24, 2.45) is 0 Å². The lowest BCUT2D eigenvalue weighted by molar-refractivity contribution is -0.125. The molecule has 2 rings (SSSR count). The maximum atomic E-state index is 11.9. The van der Waals surface area contributed by atoms with Gasteiger partial charge < -0.3 is 10.6 Å². The van der Waals surface area contributed by atoms with Crippen LogP contribution in [-0.4, -0.2) is 55.1 Å². The van der Waals surface area contributed by atoms with Crippen LogP contribution in [0.4, 0.5) is 4.79 Å². The highest BCUT2D eigenvalue weighted by Crippen LogP contribution is 2.29. The Kier molecular flexibility index (Phi) is 4.42. The van der Waals surface area contributed by atoms with E-state index in [4.69, 9.17) is 0 Å². The van der Waals surface area contributed by atoms with E-state index >= 15 is 0 Å². The SMILES string of the molecule is CNC(=O)NC(=O)C(C)N(C)C1CC2CCC(C1)N2. The monoisotopic (exact) mass is 268 g/mol. The van der Waals surface area contributed by atoms with Gasteiger partial charge >= 0.3 is 6.03 Å². The van der Waals surface area contributed by atoms with E-state index in [1.807, 2.05) is 14.0 Å². The van der Waals surface area contributed by atoms with Crippen molar-refractivity contribution in [3.8, 4) is 0 Å². The van der Waals surface area contributed by atoms with Crippen LogP contribution in [0.3, 0.4) is 0 Å². The predicted octanol–water partition coefficient (Wildman–Crippen LogP) is 0.0453. The maximum Gasteiger partial charge on any atom is 0.321 e. The number of piperidine rings is 1. The van der Waals surface area contributed by atoms with Gasteiger partial charge in [0, 0.05) is 25.2 Å². The summed E-state index contributed by atoms with van der Waals surface area (Å²) < 4.78 is 0. The lowest BCUT2D eigenvalue weighted by Gasteiger charge is -2.38. The number of fused-ring (bicyclic) bond motifs is 2. The number of amides is 3. The number of carbonyl (C=O) groups is 2. The first-order valence-electron chi connectivity index (χ1n) is 7.01. The van der Waals surface area contributed by atoms with Crippen molar-refractivity contribution in [2.75, 3.05) is 14.1 Å². The van der Waals surface area contributed by atoms with Crippen LogP contribution in [0.25, 0.3) is 0 Å². The summed E-state index contributed by atoms with van der Waals surface area (Å²) in [6, 6.07) is 0.875. The van der Waals surface area contributed by atoms with Gasteiger partial charge in [-0.2, -0.15) is 0 Å². The highest BCUT2D eigenvalue weighted by molar-refractivity contribution is 5.96. The van der Waals surface area contributed by atoms with Gasteiger partial charge in [-0.3, -0.25) is 15.0 Å². The van der Waals surface area contributed by atoms with Gasteiger partial charge in [-0.15, -0.1) is 0 Å². The number of urea groups is 1. The van der Waals surface area contributed by atoms with Crippen LogP contribution < -0.4 is 16.0 Å². The quantitative estimate of drug-likeness (QED) is 0.676. The van der Waals surface area contributed by atoms with Crippen molar-refractivity contribution in [3.63, 3.8) is 0 Å². The second-order valence-corrected chi connectivity index (χ2v) is 5.67. The number of carbonyl (C=O) groups excluding carboxylic acids is 2. The zero-order chi connectivity index (χ0) is 14.0. The first kappa shape index (κ1) is 14.3. The van der Waals surface area contributed by atoms with E-state index in [9.17, 15) is 9.59 Å². The molecule has 3 unspecified atom stereocenters.